The maximum Gasteiger partial charge on any atom is 0.241 e. The van der Waals surface area contributed by atoms with Crippen LogP contribution in [0.15, 0.2) is 27.6 Å². The number of aryl methyl sites for hydroxylation is 1. The van der Waals surface area contributed by atoms with E-state index in [-0.39, 0.29) is 4.90 Å². The fraction of sp³-hybridized carbons (Fsp3) is 0.500. The number of benzene rings is 1. The standard InChI is InChI=1S/C12H19BrN2O3S/c1-10-3-4-11(13)12(9-10)19(16,17)15-6-5-14-7-8-18-2/h3-4,9,14-15H,5-8H2,1-2H3. The van der Waals surface area contributed by atoms with Crippen molar-refractivity contribution in [1.82, 2.24) is 10.0 Å². The maximum absolute atomic E-state index is 12.1. The Hall–Kier alpha value is -0.470. The maximum atomic E-state index is 12.1. The lowest BCUT2D eigenvalue weighted by Gasteiger charge is -2.10. The number of nitrogens with one attached hydrogen (secondary N) is 2. The summed E-state index contributed by atoms with van der Waals surface area (Å²) in [6.07, 6.45) is 0. The van der Waals surface area contributed by atoms with Crippen LogP contribution < -0.4 is 10.0 Å². The average Bonchev–Trinajstić information content (AvgIpc) is 2.36. The van der Waals surface area contributed by atoms with Crippen LogP contribution >= 0.6 is 15.9 Å². The molecule has 0 radical (unpaired) electrons. The quantitative estimate of drug-likeness (QED) is 0.693. The first kappa shape index (κ1) is 16.6. The summed E-state index contributed by atoms with van der Waals surface area (Å²) in [5, 5.41) is 3.07. The smallest absolute Gasteiger partial charge is 0.241 e. The summed E-state index contributed by atoms with van der Waals surface area (Å²) in [6, 6.07) is 5.24. The minimum absolute atomic E-state index is 0.268. The van der Waals surface area contributed by atoms with E-state index in [1.54, 1.807) is 19.2 Å². The van der Waals surface area contributed by atoms with E-state index in [0.29, 0.717) is 30.7 Å². The van der Waals surface area contributed by atoms with Gasteiger partial charge in [-0.15, -0.1) is 0 Å². The second-order valence-electron chi connectivity index (χ2n) is 4.07. The van der Waals surface area contributed by atoms with Crippen molar-refractivity contribution in [3.8, 4) is 0 Å². The minimum Gasteiger partial charge on any atom is -0.383 e. The number of methoxy groups -OCH3 is 1. The lowest BCUT2D eigenvalue weighted by molar-refractivity contribution is 0.199. The Labute approximate surface area is 122 Å². The van der Waals surface area contributed by atoms with Gasteiger partial charge in [-0.05, 0) is 40.5 Å². The summed E-state index contributed by atoms with van der Waals surface area (Å²) >= 11 is 3.26. The second kappa shape index (κ2) is 7.96. The van der Waals surface area contributed by atoms with E-state index in [1.165, 1.54) is 0 Å². The Balaban J connectivity index is 2.54. The minimum atomic E-state index is -3.47. The monoisotopic (exact) mass is 350 g/mol. The zero-order chi connectivity index (χ0) is 14.3. The summed E-state index contributed by atoms with van der Waals surface area (Å²) in [6.45, 7) is 4.07. The largest absolute Gasteiger partial charge is 0.383 e. The SMILES string of the molecule is COCCNCCNS(=O)(=O)c1cc(C)ccc1Br. The van der Waals surface area contributed by atoms with Crippen molar-refractivity contribution in [2.24, 2.45) is 0 Å². The van der Waals surface area contributed by atoms with Gasteiger partial charge < -0.3 is 10.1 Å². The molecule has 0 unspecified atom stereocenters. The van der Waals surface area contributed by atoms with Crippen LogP contribution in [-0.4, -0.2) is 41.8 Å². The first-order valence-electron chi connectivity index (χ1n) is 5.93. The van der Waals surface area contributed by atoms with E-state index in [9.17, 15) is 8.42 Å². The molecule has 1 aromatic carbocycles. The zero-order valence-corrected chi connectivity index (χ0v) is 13.5. The van der Waals surface area contributed by atoms with E-state index in [1.807, 2.05) is 13.0 Å². The van der Waals surface area contributed by atoms with Crippen molar-refractivity contribution in [1.29, 1.82) is 0 Å². The molecule has 19 heavy (non-hydrogen) atoms. The average molecular weight is 351 g/mol. The fourth-order valence-corrected chi connectivity index (χ4v) is 3.55. The molecule has 1 rings (SSSR count). The molecule has 0 spiro atoms. The van der Waals surface area contributed by atoms with E-state index >= 15 is 0 Å². The highest BCUT2D eigenvalue weighted by Crippen LogP contribution is 2.22. The van der Waals surface area contributed by atoms with Crippen LogP contribution in [0.3, 0.4) is 0 Å². The Morgan fingerprint density at radius 1 is 1.26 bits per heavy atom. The van der Waals surface area contributed by atoms with Crippen molar-refractivity contribution in [3.63, 3.8) is 0 Å². The number of hydrogen-bond donors (Lipinski definition) is 2. The molecular weight excluding hydrogens is 332 g/mol. The number of sulfonamides is 1. The van der Waals surface area contributed by atoms with Crippen LogP contribution in [0.5, 0.6) is 0 Å². The van der Waals surface area contributed by atoms with Crippen LogP contribution in [0.4, 0.5) is 0 Å². The molecule has 5 nitrogen and oxygen atoms in total. The molecule has 0 atom stereocenters. The van der Waals surface area contributed by atoms with Gasteiger partial charge in [-0.25, -0.2) is 13.1 Å². The number of rotatable bonds is 8. The molecule has 0 fully saturated rings. The molecule has 0 amide bonds. The van der Waals surface area contributed by atoms with Crippen LogP contribution in [0.2, 0.25) is 0 Å². The lowest BCUT2D eigenvalue weighted by Crippen LogP contribution is -2.33. The van der Waals surface area contributed by atoms with Crippen molar-refractivity contribution in [3.05, 3.63) is 28.2 Å². The predicted molar refractivity (Wildman–Crippen MR) is 78.8 cm³/mol. The third kappa shape index (κ3) is 5.58. The first-order chi connectivity index (χ1) is 8.97. The molecule has 108 valence electrons. The van der Waals surface area contributed by atoms with Gasteiger partial charge >= 0.3 is 0 Å². The van der Waals surface area contributed by atoms with Crippen molar-refractivity contribution < 1.29 is 13.2 Å². The molecule has 0 saturated heterocycles. The predicted octanol–water partition coefficient (Wildman–Crippen LogP) is 1.27. The molecule has 2 N–H and O–H groups in total. The highest BCUT2D eigenvalue weighted by atomic mass is 79.9. The van der Waals surface area contributed by atoms with Gasteiger partial charge in [0.1, 0.15) is 0 Å². The van der Waals surface area contributed by atoms with Crippen LogP contribution in [0.25, 0.3) is 0 Å². The van der Waals surface area contributed by atoms with Gasteiger partial charge in [0.2, 0.25) is 10.0 Å². The topological polar surface area (TPSA) is 67.4 Å². The highest BCUT2D eigenvalue weighted by Gasteiger charge is 2.16. The number of halogens is 1. The fourth-order valence-electron chi connectivity index (χ4n) is 1.47. The van der Waals surface area contributed by atoms with Gasteiger partial charge in [0.25, 0.3) is 0 Å². The van der Waals surface area contributed by atoms with Crippen LogP contribution in [-0.2, 0) is 14.8 Å². The van der Waals surface area contributed by atoms with E-state index in [4.69, 9.17) is 4.74 Å². The van der Waals surface area contributed by atoms with Gasteiger partial charge in [-0.3, -0.25) is 0 Å². The summed E-state index contributed by atoms with van der Waals surface area (Å²) in [5.41, 5.74) is 0.904. The second-order valence-corrected chi connectivity index (χ2v) is 6.66. The normalized spacial score (nSPS) is 11.7. The van der Waals surface area contributed by atoms with E-state index in [0.717, 1.165) is 5.56 Å². The number of hydrogen-bond acceptors (Lipinski definition) is 4. The van der Waals surface area contributed by atoms with Gasteiger partial charge in [0, 0.05) is 31.2 Å². The summed E-state index contributed by atoms with van der Waals surface area (Å²) in [4.78, 5) is 0.268. The lowest BCUT2D eigenvalue weighted by atomic mass is 10.2. The van der Waals surface area contributed by atoms with Crippen molar-refractivity contribution in [2.45, 2.75) is 11.8 Å². The van der Waals surface area contributed by atoms with Gasteiger partial charge in [-0.2, -0.15) is 0 Å². The Morgan fingerprint density at radius 2 is 2.00 bits per heavy atom. The molecule has 0 heterocycles. The van der Waals surface area contributed by atoms with E-state index < -0.39 is 10.0 Å². The third-order valence-electron chi connectivity index (χ3n) is 2.45. The molecule has 0 bridgehead atoms. The zero-order valence-electron chi connectivity index (χ0n) is 11.1. The summed E-state index contributed by atoms with van der Waals surface area (Å²) in [7, 11) is -1.85. The molecule has 0 aliphatic carbocycles. The van der Waals surface area contributed by atoms with E-state index in [2.05, 4.69) is 26.0 Å². The Morgan fingerprint density at radius 3 is 2.68 bits per heavy atom. The molecule has 1 aromatic rings. The molecule has 0 aliphatic heterocycles. The van der Waals surface area contributed by atoms with Crippen molar-refractivity contribution >= 4 is 26.0 Å². The molecule has 7 heteroatoms. The number of ether oxygens (including phenoxy) is 1. The molecule has 0 aliphatic rings. The molecule has 0 aromatic heterocycles. The third-order valence-corrected chi connectivity index (χ3v) is 4.91. The van der Waals surface area contributed by atoms with Crippen molar-refractivity contribution in [2.75, 3.05) is 33.4 Å². The van der Waals surface area contributed by atoms with Gasteiger partial charge in [-0.1, -0.05) is 6.07 Å². The summed E-state index contributed by atoms with van der Waals surface area (Å²) in [5.74, 6) is 0. The van der Waals surface area contributed by atoms with Gasteiger partial charge in [0.15, 0.2) is 0 Å². The van der Waals surface area contributed by atoms with Gasteiger partial charge in [0.05, 0.1) is 11.5 Å². The summed E-state index contributed by atoms with van der Waals surface area (Å²) < 4.78 is 32.2. The Bertz CT molecular complexity index is 506. The van der Waals surface area contributed by atoms with Crippen LogP contribution in [0.1, 0.15) is 5.56 Å². The molecule has 0 saturated carbocycles. The first-order valence-corrected chi connectivity index (χ1v) is 8.20. The van der Waals surface area contributed by atoms with Crippen LogP contribution in [0, 0.1) is 6.92 Å². The highest BCUT2D eigenvalue weighted by molar-refractivity contribution is 9.10. The Kier molecular flexibility index (Phi) is 6.95. The molecular formula is C12H19BrN2O3S.